The van der Waals surface area contributed by atoms with Gasteiger partial charge < -0.3 is 19.5 Å². The minimum Gasteiger partial charge on any atom is -0.497 e. The van der Waals surface area contributed by atoms with Crippen LogP contribution >= 0.6 is 0 Å². The van der Waals surface area contributed by atoms with Gasteiger partial charge in [0.1, 0.15) is 22.9 Å². The number of aromatic carboxylic acids is 1. The van der Waals surface area contributed by atoms with Gasteiger partial charge in [-0.3, -0.25) is 4.31 Å². The molecule has 0 bridgehead atoms. The highest BCUT2D eigenvalue weighted by Crippen LogP contribution is 2.38. The predicted molar refractivity (Wildman–Crippen MR) is 225 cm³/mol. The number of nitrogens with zero attached hydrogens (tertiary/aromatic N) is 2. The Hall–Kier alpha value is -6.46. The van der Waals surface area contributed by atoms with E-state index in [1.807, 2.05) is 42.5 Å². The van der Waals surface area contributed by atoms with Crippen molar-refractivity contribution in [2.45, 2.75) is 50.0 Å². The summed E-state index contributed by atoms with van der Waals surface area (Å²) in [6.45, 7) is 1.78. The third-order valence-corrected chi connectivity index (χ3v) is 12.9. The fourth-order valence-electron chi connectivity index (χ4n) is 8.17. The number of carbonyl (C=O) groups excluding carboxylic acids is 1. The summed E-state index contributed by atoms with van der Waals surface area (Å²) < 4.78 is 54.0. The van der Waals surface area contributed by atoms with E-state index in [-0.39, 0.29) is 27.6 Å². The molecule has 2 heterocycles. The molecular weight excluding hydrogens is 768 g/mol. The van der Waals surface area contributed by atoms with Crippen molar-refractivity contribution >= 4 is 33.3 Å². The number of rotatable bonds is 14. The highest BCUT2D eigenvalue weighted by Gasteiger charge is 2.33. The molecule has 0 radical (unpaired) electrons. The number of methoxy groups -OCH3 is 1. The molecule has 0 saturated carbocycles. The minimum absolute atomic E-state index is 0.0264. The van der Waals surface area contributed by atoms with Crippen LogP contribution in [0.25, 0.3) is 0 Å². The molecule has 0 fully saturated rings. The molecule has 0 amide bonds. The smallest absolute Gasteiger partial charge is 0.343 e. The molecule has 2 aliphatic rings. The molecule has 8 rings (SSSR count). The van der Waals surface area contributed by atoms with Crippen LogP contribution in [-0.4, -0.2) is 45.7 Å². The second-order valence-electron chi connectivity index (χ2n) is 14.9. The first kappa shape index (κ1) is 39.4. The van der Waals surface area contributed by atoms with Crippen LogP contribution in [0.3, 0.4) is 0 Å². The summed E-state index contributed by atoms with van der Waals surface area (Å²) in [4.78, 5) is 28.0. The number of para-hydroxylation sites is 2. The zero-order chi connectivity index (χ0) is 41.1. The number of anilines is 2. The van der Waals surface area contributed by atoms with Crippen molar-refractivity contribution in [3.63, 3.8) is 0 Å². The standard InChI is InChI=1S/C48H43FN2O7S/c1-57-41-12-5-13-42(30-41)59(55,56)51-27-25-38-10-4-8-36(46(38)51)19-14-32-15-21-39(22-16-32)48(54)58-44-29-33(18-23-43(44)47(52)53)17-20-35-7-3-9-37-24-26-50(45(35)37)31-34-6-2-11-40(49)28-34/h2-13,15-16,18,21-23,28-30H,14,17,19-20,24-27,31H2,1H3,(H,52,53). The summed E-state index contributed by atoms with van der Waals surface area (Å²) in [5.41, 5.74) is 8.96. The Labute approximate surface area is 343 Å². The van der Waals surface area contributed by atoms with E-state index in [9.17, 15) is 27.5 Å². The Kier molecular flexibility index (Phi) is 11.2. The zero-order valence-electron chi connectivity index (χ0n) is 32.6. The SMILES string of the molecule is COc1cccc(S(=O)(=O)N2CCc3cccc(CCc4ccc(C(=O)Oc5cc(CCc6cccc7c6N(Cc6cccc(F)c6)CC7)ccc5C(=O)O)cc4)c32)c1. The Bertz CT molecular complexity index is 2660. The monoisotopic (exact) mass is 810 g/mol. The van der Waals surface area contributed by atoms with Gasteiger partial charge >= 0.3 is 11.9 Å². The first-order valence-electron chi connectivity index (χ1n) is 19.6. The number of hydrogen-bond acceptors (Lipinski definition) is 7. The van der Waals surface area contributed by atoms with Crippen LogP contribution in [-0.2, 0) is 55.1 Å². The van der Waals surface area contributed by atoms with E-state index in [4.69, 9.17) is 9.47 Å². The van der Waals surface area contributed by atoms with E-state index < -0.39 is 22.0 Å². The molecule has 11 heteroatoms. The number of ether oxygens (including phenoxy) is 2. The molecule has 0 spiro atoms. The van der Waals surface area contributed by atoms with E-state index in [0.29, 0.717) is 56.6 Å². The van der Waals surface area contributed by atoms with Gasteiger partial charge in [-0.1, -0.05) is 72.8 Å². The Morgan fingerprint density at radius 1 is 0.695 bits per heavy atom. The van der Waals surface area contributed by atoms with Gasteiger partial charge in [0.05, 0.1) is 23.3 Å². The molecule has 0 aromatic heterocycles. The highest BCUT2D eigenvalue weighted by atomic mass is 32.2. The average Bonchev–Trinajstić information content (AvgIpc) is 3.88. The van der Waals surface area contributed by atoms with Crippen LogP contribution < -0.4 is 18.7 Å². The van der Waals surface area contributed by atoms with Crippen LogP contribution in [0, 0.1) is 5.82 Å². The van der Waals surface area contributed by atoms with E-state index in [1.165, 1.54) is 35.2 Å². The van der Waals surface area contributed by atoms with Crippen LogP contribution in [0.1, 0.15) is 59.7 Å². The molecule has 0 unspecified atom stereocenters. The van der Waals surface area contributed by atoms with Crippen molar-refractivity contribution in [1.82, 2.24) is 0 Å². The summed E-state index contributed by atoms with van der Waals surface area (Å²) in [6.07, 6.45) is 3.94. The average molecular weight is 811 g/mol. The quantitative estimate of drug-likeness (QED) is 0.0860. The predicted octanol–water partition coefficient (Wildman–Crippen LogP) is 8.64. The molecule has 0 atom stereocenters. The van der Waals surface area contributed by atoms with Crippen LogP contribution in [0.5, 0.6) is 11.5 Å². The van der Waals surface area contributed by atoms with Crippen molar-refractivity contribution in [2.24, 2.45) is 0 Å². The molecule has 0 saturated heterocycles. The zero-order valence-corrected chi connectivity index (χ0v) is 33.4. The Morgan fingerprint density at radius 3 is 2.08 bits per heavy atom. The molecule has 6 aromatic carbocycles. The minimum atomic E-state index is -3.82. The lowest BCUT2D eigenvalue weighted by Gasteiger charge is -2.23. The van der Waals surface area contributed by atoms with Crippen molar-refractivity contribution in [1.29, 1.82) is 0 Å². The van der Waals surface area contributed by atoms with Gasteiger partial charge in [0, 0.05) is 31.4 Å². The maximum Gasteiger partial charge on any atom is 0.343 e. The van der Waals surface area contributed by atoms with E-state index in [1.54, 1.807) is 54.6 Å². The molecule has 300 valence electrons. The van der Waals surface area contributed by atoms with Crippen LogP contribution in [0.15, 0.2) is 132 Å². The van der Waals surface area contributed by atoms with E-state index in [0.717, 1.165) is 52.0 Å². The van der Waals surface area contributed by atoms with Gasteiger partial charge in [-0.2, -0.15) is 0 Å². The second kappa shape index (κ2) is 16.8. The normalized spacial score (nSPS) is 13.3. The molecular formula is C48H43FN2O7S. The number of halogens is 1. The van der Waals surface area contributed by atoms with Gasteiger partial charge in [-0.05, 0) is 126 Å². The van der Waals surface area contributed by atoms with Crippen molar-refractivity contribution < 1.29 is 37.0 Å². The van der Waals surface area contributed by atoms with E-state index >= 15 is 0 Å². The number of carbonyl (C=O) groups is 2. The lowest BCUT2D eigenvalue weighted by atomic mass is 9.99. The number of aryl methyl sites for hydroxylation is 4. The molecule has 0 aliphatic carbocycles. The number of carboxylic acid groups (broad SMARTS) is 1. The van der Waals surface area contributed by atoms with Crippen LogP contribution in [0.2, 0.25) is 0 Å². The van der Waals surface area contributed by atoms with Gasteiger partial charge in [0.15, 0.2) is 0 Å². The summed E-state index contributed by atoms with van der Waals surface area (Å²) >= 11 is 0. The van der Waals surface area contributed by atoms with Crippen LogP contribution in [0.4, 0.5) is 15.8 Å². The van der Waals surface area contributed by atoms with E-state index in [2.05, 4.69) is 17.0 Å². The Balaban J connectivity index is 0.932. The van der Waals surface area contributed by atoms with Gasteiger partial charge in [0.2, 0.25) is 0 Å². The maximum atomic E-state index is 13.9. The third-order valence-electron chi connectivity index (χ3n) is 11.1. The summed E-state index contributed by atoms with van der Waals surface area (Å²) in [6, 6.07) is 37.1. The number of carboxylic acids is 1. The van der Waals surface area contributed by atoms with Gasteiger partial charge in [0.25, 0.3) is 10.0 Å². The summed E-state index contributed by atoms with van der Waals surface area (Å²) in [5, 5.41) is 9.95. The fourth-order valence-corrected chi connectivity index (χ4v) is 9.75. The fraction of sp³-hybridized carbons (Fsp3) is 0.208. The second-order valence-corrected chi connectivity index (χ2v) is 16.7. The molecule has 1 N–H and O–H groups in total. The van der Waals surface area contributed by atoms with Gasteiger partial charge in [-0.15, -0.1) is 0 Å². The van der Waals surface area contributed by atoms with Crippen molar-refractivity contribution in [3.05, 3.63) is 183 Å². The maximum absolute atomic E-state index is 13.9. The van der Waals surface area contributed by atoms with Crippen molar-refractivity contribution in [3.8, 4) is 11.5 Å². The molecule has 6 aromatic rings. The largest absolute Gasteiger partial charge is 0.497 e. The number of fused-ring (bicyclic) bond motifs is 2. The topological polar surface area (TPSA) is 113 Å². The molecule has 2 aliphatic heterocycles. The first-order valence-corrected chi connectivity index (χ1v) is 21.1. The number of sulfonamides is 1. The summed E-state index contributed by atoms with van der Waals surface area (Å²) in [5.74, 6) is -1.69. The third kappa shape index (κ3) is 8.42. The lowest BCUT2D eigenvalue weighted by Crippen LogP contribution is -2.30. The highest BCUT2D eigenvalue weighted by molar-refractivity contribution is 7.92. The first-order chi connectivity index (χ1) is 28.6. The number of benzene rings is 6. The summed E-state index contributed by atoms with van der Waals surface area (Å²) in [7, 11) is -2.32. The number of hydrogen-bond donors (Lipinski definition) is 1. The van der Waals surface area contributed by atoms with Crippen molar-refractivity contribution in [2.75, 3.05) is 29.4 Å². The number of esters is 1. The Morgan fingerprint density at radius 2 is 1.36 bits per heavy atom. The molecule has 9 nitrogen and oxygen atoms in total. The van der Waals surface area contributed by atoms with Gasteiger partial charge in [-0.25, -0.2) is 22.4 Å². The lowest BCUT2D eigenvalue weighted by molar-refractivity contribution is 0.0681. The molecule has 59 heavy (non-hydrogen) atoms.